The van der Waals surface area contributed by atoms with E-state index in [0.29, 0.717) is 38.1 Å². The molecule has 1 aromatic heterocycles. The van der Waals surface area contributed by atoms with Crippen LogP contribution in [0, 0.1) is 0 Å². The Labute approximate surface area is 135 Å². The number of aryl methyl sites for hydroxylation is 1. The quantitative estimate of drug-likeness (QED) is 0.441. The third kappa shape index (κ3) is 4.80. The Morgan fingerprint density at radius 3 is 2.45 bits per heavy atom. The van der Waals surface area contributed by atoms with Crippen LogP contribution in [0.5, 0.6) is 0 Å². The van der Waals surface area contributed by atoms with Gasteiger partial charge in [0.15, 0.2) is 0 Å². The first-order valence-corrected chi connectivity index (χ1v) is 8.03. The molecule has 0 aliphatic carbocycles. The van der Waals surface area contributed by atoms with Crippen LogP contribution in [0.4, 0.5) is 0 Å². The highest BCUT2D eigenvalue weighted by Crippen LogP contribution is 2.18. The number of aromatic nitrogens is 1. The van der Waals surface area contributed by atoms with Crippen LogP contribution in [-0.2, 0) is 16.0 Å². The lowest BCUT2D eigenvalue weighted by Gasteiger charge is -2.06. The Morgan fingerprint density at radius 1 is 1.05 bits per heavy atom. The van der Waals surface area contributed by atoms with E-state index < -0.39 is 0 Å². The van der Waals surface area contributed by atoms with Crippen LogP contribution in [0.1, 0.15) is 18.4 Å². The fraction of sp³-hybridized carbons (Fsp3) is 0.375. The van der Waals surface area contributed by atoms with Gasteiger partial charge in [0.25, 0.3) is 0 Å². The molecule has 1 heterocycles. The summed E-state index contributed by atoms with van der Waals surface area (Å²) in [5, 5.41) is 6.69. The van der Waals surface area contributed by atoms with Gasteiger partial charge in [-0.05, 0) is 23.8 Å². The molecule has 118 valence electrons. The van der Waals surface area contributed by atoms with E-state index in [9.17, 15) is 9.59 Å². The van der Waals surface area contributed by atoms with Crippen molar-refractivity contribution in [2.45, 2.75) is 19.3 Å². The van der Waals surface area contributed by atoms with Crippen molar-refractivity contribution in [2.24, 2.45) is 0 Å². The minimum absolute atomic E-state index is 0.00581. The first-order valence-electron chi connectivity index (χ1n) is 7.40. The maximum Gasteiger partial charge on any atom is 0.220 e. The monoisotopic (exact) mass is 319 g/mol. The number of para-hydroxylation sites is 1. The van der Waals surface area contributed by atoms with Gasteiger partial charge in [0.2, 0.25) is 11.8 Å². The van der Waals surface area contributed by atoms with E-state index in [0.717, 1.165) is 16.5 Å². The van der Waals surface area contributed by atoms with E-state index in [1.165, 1.54) is 0 Å². The topological polar surface area (TPSA) is 74.0 Å². The Hall–Kier alpha value is -1.95. The van der Waals surface area contributed by atoms with E-state index in [1.807, 2.05) is 24.4 Å². The predicted octanol–water partition coefficient (Wildman–Crippen LogP) is 1.65. The normalized spacial score (nSPS) is 10.6. The first kappa shape index (κ1) is 16.4. The number of rotatable bonds is 8. The smallest absolute Gasteiger partial charge is 0.220 e. The number of aromatic amines is 1. The van der Waals surface area contributed by atoms with E-state index in [4.69, 9.17) is 0 Å². The summed E-state index contributed by atoms with van der Waals surface area (Å²) in [6.07, 6.45) is 3.49. The summed E-state index contributed by atoms with van der Waals surface area (Å²) >= 11 is 3.99. The number of carbonyl (C=O) groups is 2. The van der Waals surface area contributed by atoms with E-state index in [-0.39, 0.29) is 11.8 Å². The summed E-state index contributed by atoms with van der Waals surface area (Å²) in [5.41, 5.74) is 2.23. The molecule has 1 aromatic carbocycles. The molecule has 0 radical (unpaired) electrons. The van der Waals surface area contributed by atoms with Crippen LogP contribution in [0.2, 0.25) is 0 Å². The molecule has 0 atom stereocenters. The molecule has 2 rings (SSSR count). The maximum atomic E-state index is 11.8. The molecule has 0 aliphatic rings. The molecule has 0 aliphatic heterocycles. The second-order valence-corrected chi connectivity index (χ2v) is 5.48. The van der Waals surface area contributed by atoms with Crippen molar-refractivity contribution >= 4 is 35.3 Å². The number of hydrogen-bond donors (Lipinski definition) is 4. The standard InChI is InChI=1S/C16H21N3O2S/c20-15(17-8-9-18-16(21)7-10-22)6-5-12-11-19-14-4-2-1-3-13(12)14/h1-4,11,19,22H,5-10H2,(H,17,20)(H,18,21). The minimum Gasteiger partial charge on any atom is -0.361 e. The lowest BCUT2D eigenvalue weighted by atomic mass is 10.1. The number of nitrogens with one attached hydrogen (secondary N) is 3. The summed E-state index contributed by atoms with van der Waals surface area (Å²) in [7, 11) is 0. The summed E-state index contributed by atoms with van der Waals surface area (Å²) < 4.78 is 0. The van der Waals surface area contributed by atoms with Crippen molar-refractivity contribution in [1.82, 2.24) is 15.6 Å². The third-order valence-electron chi connectivity index (χ3n) is 3.40. The predicted molar refractivity (Wildman–Crippen MR) is 91.1 cm³/mol. The lowest BCUT2D eigenvalue weighted by Crippen LogP contribution is -2.34. The molecule has 2 aromatic rings. The SMILES string of the molecule is O=C(CCS)NCCNC(=O)CCc1c[nH]c2ccccc12. The van der Waals surface area contributed by atoms with Crippen LogP contribution in [0.15, 0.2) is 30.5 Å². The minimum atomic E-state index is -0.0389. The largest absolute Gasteiger partial charge is 0.361 e. The molecule has 0 saturated carbocycles. The van der Waals surface area contributed by atoms with E-state index in [1.54, 1.807) is 0 Å². The zero-order chi connectivity index (χ0) is 15.8. The van der Waals surface area contributed by atoms with Crippen molar-refractivity contribution in [3.63, 3.8) is 0 Å². The van der Waals surface area contributed by atoms with Gasteiger partial charge in [0.1, 0.15) is 0 Å². The fourth-order valence-electron chi connectivity index (χ4n) is 2.27. The van der Waals surface area contributed by atoms with E-state index >= 15 is 0 Å². The van der Waals surface area contributed by atoms with E-state index in [2.05, 4.69) is 34.3 Å². The second-order valence-electron chi connectivity index (χ2n) is 5.03. The summed E-state index contributed by atoms with van der Waals surface area (Å²) in [4.78, 5) is 26.2. The highest BCUT2D eigenvalue weighted by molar-refractivity contribution is 7.80. The molecule has 22 heavy (non-hydrogen) atoms. The van der Waals surface area contributed by atoms with Crippen LogP contribution < -0.4 is 10.6 Å². The first-order chi connectivity index (χ1) is 10.7. The highest BCUT2D eigenvalue weighted by Gasteiger charge is 2.06. The van der Waals surface area contributed by atoms with Crippen LogP contribution >= 0.6 is 12.6 Å². The molecule has 5 nitrogen and oxygen atoms in total. The maximum absolute atomic E-state index is 11.8. The Balaban J connectivity index is 1.69. The number of carbonyl (C=O) groups excluding carboxylic acids is 2. The molecule has 0 fully saturated rings. The Kier molecular flexibility index (Phi) is 6.33. The van der Waals surface area contributed by atoms with Crippen molar-refractivity contribution in [3.8, 4) is 0 Å². The van der Waals surface area contributed by atoms with Gasteiger partial charge < -0.3 is 15.6 Å². The number of fused-ring (bicyclic) bond motifs is 1. The number of amides is 2. The molecule has 0 bridgehead atoms. The molecular weight excluding hydrogens is 298 g/mol. The average molecular weight is 319 g/mol. The molecular formula is C16H21N3O2S. The number of benzene rings is 1. The summed E-state index contributed by atoms with van der Waals surface area (Å²) in [6.45, 7) is 0.899. The average Bonchev–Trinajstić information content (AvgIpc) is 2.93. The van der Waals surface area contributed by atoms with Gasteiger partial charge >= 0.3 is 0 Å². The lowest BCUT2D eigenvalue weighted by molar-refractivity contribution is -0.122. The van der Waals surface area contributed by atoms with Crippen LogP contribution in [0.3, 0.4) is 0 Å². The molecule has 0 saturated heterocycles. The van der Waals surface area contributed by atoms with Gasteiger partial charge in [-0.15, -0.1) is 0 Å². The molecule has 6 heteroatoms. The number of thiol groups is 1. The van der Waals surface area contributed by atoms with Gasteiger partial charge in [-0.3, -0.25) is 9.59 Å². The fourth-order valence-corrected chi connectivity index (χ4v) is 2.47. The van der Waals surface area contributed by atoms with Crippen molar-refractivity contribution in [3.05, 3.63) is 36.0 Å². The molecule has 2 amide bonds. The number of H-pyrrole nitrogens is 1. The molecule has 3 N–H and O–H groups in total. The van der Waals surface area contributed by atoms with Crippen molar-refractivity contribution < 1.29 is 9.59 Å². The van der Waals surface area contributed by atoms with Gasteiger partial charge in [-0.1, -0.05) is 18.2 Å². The Morgan fingerprint density at radius 2 is 1.73 bits per heavy atom. The van der Waals surface area contributed by atoms with Gasteiger partial charge in [-0.2, -0.15) is 12.6 Å². The third-order valence-corrected chi connectivity index (χ3v) is 3.63. The zero-order valence-electron chi connectivity index (χ0n) is 12.4. The number of hydrogen-bond acceptors (Lipinski definition) is 3. The molecule has 0 spiro atoms. The van der Waals surface area contributed by atoms with Gasteiger partial charge in [0.05, 0.1) is 0 Å². The zero-order valence-corrected chi connectivity index (χ0v) is 13.3. The van der Waals surface area contributed by atoms with Crippen molar-refractivity contribution in [2.75, 3.05) is 18.8 Å². The van der Waals surface area contributed by atoms with Gasteiger partial charge in [-0.25, -0.2) is 0 Å². The van der Waals surface area contributed by atoms with Crippen LogP contribution in [0.25, 0.3) is 10.9 Å². The molecule has 0 unspecified atom stereocenters. The summed E-state index contributed by atoms with van der Waals surface area (Å²) in [6, 6.07) is 8.05. The highest BCUT2D eigenvalue weighted by atomic mass is 32.1. The van der Waals surface area contributed by atoms with Gasteiger partial charge in [0, 0.05) is 43.0 Å². The summed E-state index contributed by atoms with van der Waals surface area (Å²) in [5.74, 6) is 0.486. The second kappa shape index (κ2) is 8.48. The van der Waals surface area contributed by atoms with Crippen molar-refractivity contribution in [1.29, 1.82) is 0 Å². The van der Waals surface area contributed by atoms with Crippen LogP contribution in [-0.4, -0.2) is 35.6 Å². The Bertz CT molecular complexity index is 639.